The maximum absolute atomic E-state index is 9.20. The molecule has 0 aliphatic rings. The van der Waals surface area contributed by atoms with Crippen molar-refractivity contribution in [3.8, 4) is 11.8 Å². The molecule has 3 nitrogen and oxygen atoms in total. The Morgan fingerprint density at radius 2 is 1.94 bits per heavy atom. The SMILES string of the molecule is COc1c(C)cc(C)cc1C(C#N)N(C)C. The van der Waals surface area contributed by atoms with Gasteiger partial charge in [-0.25, -0.2) is 0 Å². The molecule has 1 aromatic carbocycles. The van der Waals surface area contributed by atoms with Crippen LogP contribution < -0.4 is 4.74 Å². The number of methoxy groups -OCH3 is 1. The minimum atomic E-state index is -0.270. The van der Waals surface area contributed by atoms with E-state index in [1.54, 1.807) is 7.11 Å². The van der Waals surface area contributed by atoms with Crippen molar-refractivity contribution in [2.75, 3.05) is 21.2 Å². The average Bonchev–Trinajstić information content (AvgIpc) is 2.17. The zero-order valence-corrected chi connectivity index (χ0v) is 10.5. The summed E-state index contributed by atoms with van der Waals surface area (Å²) in [5, 5.41) is 9.20. The fourth-order valence-electron chi connectivity index (χ4n) is 1.93. The predicted molar refractivity (Wildman–Crippen MR) is 64.5 cm³/mol. The Morgan fingerprint density at radius 3 is 2.38 bits per heavy atom. The third kappa shape index (κ3) is 2.34. The fraction of sp³-hybridized carbons (Fsp3) is 0.462. The van der Waals surface area contributed by atoms with E-state index < -0.39 is 0 Å². The molecule has 0 saturated carbocycles. The molecular formula is C13H18N2O. The zero-order valence-electron chi connectivity index (χ0n) is 10.5. The second-order valence-corrected chi connectivity index (χ2v) is 4.20. The lowest BCUT2D eigenvalue weighted by Gasteiger charge is -2.21. The fourth-order valence-corrected chi connectivity index (χ4v) is 1.93. The minimum absolute atomic E-state index is 0.270. The van der Waals surface area contributed by atoms with Crippen LogP contribution in [0.3, 0.4) is 0 Å². The molecule has 1 aromatic rings. The van der Waals surface area contributed by atoms with Crippen molar-refractivity contribution in [3.05, 3.63) is 28.8 Å². The molecule has 0 aliphatic heterocycles. The van der Waals surface area contributed by atoms with Crippen molar-refractivity contribution in [3.63, 3.8) is 0 Å². The standard InChI is InChI=1S/C13H18N2O/c1-9-6-10(2)13(16-5)11(7-9)12(8-14)15(3)4/h6-7,12H,1-5H3. The summed E-state index contributed by atoms with van der Waals surface area (Å²) in [7, 11) is 5.43. The van der Waals surface area contributed by atoms with Gasteiger partial charge < -0.3 is 4.74 Å². The molecule has 16 heavy (non-hydrogen) atoms. The Hall–Kier alpha value is -1.53. The van der Waals surface area contributed by atoms with Crippen LogP contribution in [-0.2, 0) is 0 Å². The van der Waals surface area contributed by atoms with Gasteiger partial charge in [-0.3, -0.25) is 4.90 Å². The second-order valence-electron chi connectivity index (χ2n) is 4.20. The van der Waals surface area contributed by atoms with Crippen molar-refractivity contribution in [1.82, 2.24) is 4.90 Å². The summed E-state index contributed by atoms with van der Waals surface area (Å²) in [6.07, 6.45) is 0. The quantitative estimate of drug-likeness (QED) is 0.781. The number of hydrogen-bond acceptors (Lipinski definition) is 3. The summed E-state index contributed by atoms with van der Waals surface area (Å²) in [5.41, 5.74) is 3.16. The van der Waals surface area contributed by atoms with Crippen LogP contribution in [0.4, 0.5) is 0 Å². The van der Waals surface area contributed by atoms with E-state index in [1.165, 1.54) is 0 Å². The largest absolute Gasteiger partial charge is 0.496 e. The second kappa shape index (κ2) is 5.00. The van der Waals surface area contributed by atoms with Gasteiger partial charge in [0.2, 0.25) is 0 Å². The van der Waals surface area contributed by atoms with Crippen molar-refractivity contribution in [2.24, 2.45) is 0 Å². The van der Waals surface area contributed by atoms with Crippen LogP contribution >= 0.6 is 0 Å². The molecule has 0 heterocycles. The average molecular weight is 218 g/mol. The molecule has 0 fully saturated rings. The van der Waals surface area contributed by atoms with Gasteiger partial charge in [0.15, 0.2) is 0 Å². The van der Waals surface area contributed by atoms with Gasteiger partial charge in [0, 0.05) is 5.56 Å². The van der Waals surface area contributed by atoms with Gasteiger partial charge >= 0.3 is 0 Å². The Balaban J connectivity index is 3.36. The van der Waals surface area contributed by atoms with Crippen LogP contribution in [-0.4, -0.2) is 26.1 Å². The summed E-state index contributed by atoms with van der Waals surface area (Å²) < 4.78 is 5.39. The molecule has 0 bridgehead atoms. The topological polar surface area (TPSA) is 36.3 Å². The molecule has 0 radical (unpaired) electrons. The third-order valence-electron chi connectivity index (χ3n) is 2.59. The van der Waals surface area contributed by atoms with Gasteiger partial charge in [-0.2, -0.15) is 5.26 Å². The van der Waals surface area contributed by atoms with Crippen molar-refractivity contribution < 1.29 is 4.74 Å². The molecule has 0 spiro atoms. The first-order valence-electron chi connectivity index (χ1n) is 5.22. The van der Waals surface area contributed by atoms with Crippen LogP contribution in [0.25, 0.3) is 0 Å². The lowest BCUT2D eigenvalue weighted by molar-refractivity contribution is 0.339. The van der Waals surface area contributed by atoms with Crippen molar-refractivity contribution >= 4 is 0 Å². The van der Waals surface area contributed by atoms with Gasteiger partial charge in [-0.15, -0.1) is 0 Å². The maximum Gasteiger partial charge on any atom is 0.127 e. The molecule has 1 atom stereocenters. The Kier molecular flexibility index (Phi) is 3.92. The predicted octanol–water partition coefficient (Wildman–Crippen LogP) is 2.44. The first-order chi connectivity index (χ1) is 7.51. The number of hydrogen-bond donors (Lipinski definition) is 0. The Morgan fingerprint density at radius 1 is 1.31 bits per heavy atom. The van der Waals surface area contributed by atoms with E-state index in [-0.39, 0.29) is 6.04 Å². The number of nitrogens with zero attached hydrogens (tertiary/aromatic N) is 2. The summed E-state index contributed by atoms with van der Waals surface area (Å²) in [6, 6.07) is 6.10. The first kappa shape index (κ1) is 12.5. The maximum atomic E-state index is 9.20. The van der Waals surface area contributed by atoms with E-state index in [2.05, 4.69) is 12.1 Å². The lowest BCUT2D eigenvalue weighted by Crippen LogP contribution is -2.19. The lowest BCUT2D eigenvalue weighted by atomic mass is 9.99. The summed E-state index contributed by atoms with van der Waals surface area (Å²) in [5.74, 6) is 0.811. The molecule has 86 valence electrons. The minimum Gasteiger partial charge on any atom is -0.496 e. The van der Waals surface area contributed by atoms with Crippen LogP contribution in [0.2, 0.25) is 0 Å². The first-order valence-corrected chi connectivity index (χ1v) is 5.22. The van der Waals surface area contributed by atoms with E-state index in [1.807, 2.05) is 38.9 Å². The number of nitriles is 1. The van der Waals surface area contributed by atoms with Gasteiger partial charge in [-0.05, 0) is 39.6 Å². The van der Waals surface area contributed by atoms with Crippen LogP contribution in [0, 0.1) is 25.2 Å². The highest BCUT2D eigenvalue weighted by molar-refractivity contribution is 5.47. The molecule has 0 amide bonds. The van der Waals surface area contributed by atoms with Gasteiger partial charge in [0.25, 0.3) is 0 Å². The molecular weight excluding hydrogens is 200 g/mol. The highest BCUT2D eigenvalue weighted by Crippen LogP contribution is 2.31. The number of aryl methyl sites for hydroxylation is 2. The molecule has 0 N–H and O–H groups in total. The summed E-state index contributed by atoms with van der Waals surface area (Å²) in [4.78, 5) is 1.89. The molecule has 0 aromatic heterocycles. The molecule has 0 saturated heterocycles. The highest BCUT2D eigenvalue weighted by Gasteiger charge is 2.19. The van der Waals surface area contributed by atoms with Crippen molar-refractivity contribution in [1.29, 1.82) is 5.26 Å². The van der Waals surface area contributed by atoms with Gasteiger partial charge in [-0.1, -0.05) is 11.6 Å². The zero-order chi connectivity index (χ0) is 12.3. The van der Waals surface area contributed by atoms with Crippen LogP contribution in [0.1, 0.15) is 22.7 Å². The Labute approximate surface area is 97.3 Å². The third-order valence-corrected chi connectivity index (χ3v) is 2.59. The van der Waals surface area contributed by atoms with Gasteiger partial charge in [0.05, 0.1) is 13.2 Å². The van der Waals surface area contributed by atoms with Crippen LogP contribution in [0.5, 0.6) is 5.75 Å². The summed E-state index contributed by atoms with van der Waals surface area (Å²) in [6.45, 7) is 4.03. The number of benzene rings is 1. The van der Waals surface area contributed by atoms with E-state index in [0.717, 1.165) is 22.4 Å². The van der Waals surface area contributed by atoms with E-state index in [4.69, 9.17) is 4.74 Å². The number of ether oxygens (including phenoxy) is 1. The van der Waals surface area contributed by atoms with Crippen molar-refractivity contribution in [2.45, 2.75) is 19.9 Å². The van der Waals surface area contributed by atoms with Gasteiger partial charge in [0.1, 0.15) is 11.8 Å². The smallest absolute Gasteiger partial charge is 0.127 e. The normalized spacial score (nSPS) is 12.3. The summed E-state index contributed by atoms with van der Waals surface area (Å²) >= 11 is 0. The van der Waals surface area contributed by atoms with E-state index >= 15 is 0 Å². The van der Waals surface area contributed by atoms with Crippen LogP contribution in [0.15, 0.2) is 12.1 Å². The Bertz CT molecular complexity index is 419. The van der Waals surface area contributed by atoms with E-state index in [0.29, 0.717) is 0 Å². The molecule has 1 rings (SSSR count). The number of rotatable bonds is 3. The molecule has 1 unspecified atom stereocenters. The highest BCUT2D eigenvalue weighted by atomic mass is 16.5. The molecule has 3 heteroatoms. The molecule has 0 aliphatic carbocycles. The monoisotopic (exact) mass is 218 g/mol. The van der Waals surface area contributed by atoms with E-state index in [9.17, 15) is 5.26 Å².